The summed E-state index contributed by atoms with van der Waals surface area (Å²) in [5.74, 6) is 0.421. The molecule has 0 radical (unpaired) electrons. The average molecular weight is 408 g/mol. The molecule has 2 atom stereocenters. The van der Waals surface area contributed by atoms with E-state index >= 15 is 0 Å². The molecule has 0 bridgehead atoms. The van der Waals surface area contributed by atoms with Crippen LogP contribution in [0.15, 0.2) is 48.5 Å². The monoisotopic (exact) mass is 407 g/mol. The Kier molecular flexibility index (Phi) is 5.52. The van der Waals surface area contributed by atoms with Crippen LogP contribution < -0.4 is 15.4 Å². The van der Waals surface area contributed by atoms with E-state index in [1.54, 1.807) is 7.11 Å². The van der Waals surface area contributed by atoms with Crippen molar-refractivity contribution < 1.29 is 14.3 Å². The zero-order valence-electron chi connectivity index (χ0n) is 17.8. The van der Waals surface area contributed by atoms with Crippen molar-refractivity contribution in [3.8, 4) is 5.75 Å². The van der Waals surface area contributed by atoms with Gasteiger partial charge in [0.1, 0.15) is 5.75 Å². The van der Waals surface area contributed by atoms with E-state index in [2.05, 4.69) is 15.5 Å². The molecule has 2 amide bonds. The molecule has 2 heterocycles. The molecule has 0 aliphatic carbocycles. The molecule has 1 fully saturated rings. The Bertz CT molecular complexity index is 941. The summed E-state index contributed by atoms with van der Waals surface area (Å²) in [6.45, 7) is 5.88. The first-order chi connectivity index (χ1) is 14.4. The van der Waals surface area contributed by atoms with Crippen LogP contribution in [0.25, 0.3) is 0 Å². The van der Waals surface area contributed by atoms with E-state index in [9.17, 15) is 9.59 Å². The first-order valence-corrected chi connectivity index (χ1v) is 10.5. The Labute approximate surface area is 177 Å². The van der Waals surface area contributed by atoms with Crippen LogP contribution in [0, 0.1) is 5.92 Å². The maximum atomic E-state index is 13.1. The van der Waals surface area contributed by atoms with E-state index in [4.69, 9.17) is 4.74 Å². The van der Waals surface area contributed by atoms with Crippen molar-refractivity contribution in [2.75, 3.05) is 20.2 Å². The lowest BCUT2D eigenvalue weighted by Crippen LogP contribution is -2.62. The maximum Gasteiger partial charge on any atom is 0.252 e. The van der Waals surface area contributed by atoms with Gasteiger partial charge in [0.05, 0.1) is 18.6 Å². The fourth-order valence-corrected chi connectivity index (χ4v) is 4.71. The number of nitrogens with zero attached hydrogens (tertiary/aromatic N) is 1. The van der Waals surface area contributed by atoms with Gasteiger partial charge in [-0.1, -0.05) is 30.3 Å². The summed E-state index contributed by atoms with van der Waals surface area (Å²) in [7, 11) is 1.65. The number of hydrogen-bond donors (Lipinski definition) is 2. The van der Waals surface area contributed by atoms with E-state index in [0.29, 0.717) is 31.6 Å². The summed E-state index contributed by atoms with van der Waals surface area (Å²) in [6.07, 6.45) is 0.657. The standard InChI is InChI=1S/C24H29N3O3/c1-16(2)25-23(29)21-14-27(13-17-8-10-19(30-3)11-9-17)15-24(21)12-18-6-4-5-7-20(18)22(28)26-24/h4-11,16,21H,12-15H2,1-3H3,(H,25,29)(H,26,28). The van der Waals surface area contributed by atoms with Crippen LogP contribution in [0.2, 0.25) is 0 Å². The van der Waals surface area contributed by atoms with E-state index < -0.39 is 5.54 Å². The highest BCUT2D eigenvalue weighted by molar-refractivity contribution is 5.98. The van der Waals surface area contributed by atoms with Crippen molar-refractivity contribution in [2.24, 2.45) is 5.92 Å². The van der Waals surface area contributed by atoms with Gasteiger partial charge in [-0.15, -0.1) is 0 Å². The van der Waals surface area contributed by atoms with E-state index in [0.717, 1.165) is 16.9 Å². The average Bonchev–Trinajstić information content (AvgIpc) is 3.05. The van der Waals surface area contributed by atoms with Crippen molar-refractivity contribution in [1.29, 1.82) is 0 Å². The molecule has 158 valence electrons. The lowest BCUT2D eigenvalue weighted by atomic mass is 9.77. The molecule has 2 aromatic rings. The van der Waals surface area contributed by atoms with E-state index in [1.165, 1.54) is 0 Å². The van der Waals surface area contributed by atoms with Crippen molar-refractivity contribution in [1.82, 2.24) is 15.5 Å². The number of ether oxygens (including phenoxy) is 1. The number of nitrogens with one attached hydrogen (secondary N) is 2. The number of likely N-dealkylation sites (tertiary alicyclic amines) is 1. The molecule has 1 saturated heterocycles. The summed E-state index contributed by atoms with van der Waals surface area (Å²) in [4.78, 5) is 28.3. The van der Waals surface area contributed by atoms with Crippen LogP contribution in [0.4, 0.5) is 0 Å². The molecule has 2 N–H and O–H groups in total. The minimum atomic E-state index is -0.600. The zero-order valence-corrected chi connectivity index (χ0v) is 17.8. The van der Waals surface area contributed by atoms with Crippen LogP contribution >= 0.6 is 0 Å². The smallest absolute Gasteiger partial charge is 0.252 e. The second kappa shape index (κ2) is 8.11. The summed E-state index contributed by atoms with van der Waals surface area (Å²) >= 11 is 0. The van der Waals surface area contributed by atoms with Gasteiger partial charge in [-0.2, -0.15) is 0 Å². The number of carbonyl (C=O) groups excluding carboxylic acids is 2. The third kappa shape index (κ3) is 3.92. The second-order valence-electron chi connectivity index (χ2n) is 8.68. The van der Waals surface area contributed by atoms with Gasteiger partial charge < -0.3 is 15.4 Å². The van der Waals surface area contributed by atoms with Gasteiger partial charge in [-0.25, -0.2) is 0 Å². The maximum absolute atomic E-state index is 13.1. The molecule has 6 heteroatoms. The number of rotatable bonds is 5. The quantitative estimate of drug-likeness (QED) is 0.798. The van der Waals surface area contributed by atoms with Gasteiger partial charge in [0.15, 0.2) is 0 Å². The SMILES string of the molecule is COc1ccc(CN2CC(C(=O)NC(C)C)C3(Cc4ccccc4C(=O)N3)C2)cc1. The fourth-order valence-electron chi connectivity index (χ4n) is 4.71. The largest absolute Gasteiger partial charge is 0.497 e. The first-order valence-electron chi connectivity index (χ1n) is 10.5. The molecule has 0 saturated carbocycles. The molecule has 4 rings (SSSR count). The summed E-state index contributed by atoms with van der Waals surface area (Å²) in [5.41, 5.74) is 2.27. The predicted molar refractivity (Wildman–Crippen MR) is 115 cm³/mol. The second-order valence-corrected chi connectivity index (χ2v) is 8.68. The summed E-state index contributed by atoms with van der Waals surface area (Å²) < 4.78 is 5.25. The number of benzene rings is 2. The van der Waals surface area contributed by atoms with E-state index in [1.807, 2.05) is 62.4 Å². The Balaban J connectivity index is 1.61. The Morgan fingerprint density at radius 3 is 2.67 bits per heavy atom. The topological polar surface area (TPSA) is 70.7 Å². The molecular weight excluding hydrogens is 378 g/mol. The minimum absolute atomic E-state index is 0.00177. The van der Waals surface area contributed by atoms with Crippen LogP contribution in [0.3, 0.4) is 0 Å². The number of hydrogen-bond acceptors (Lipinski definition) is 4. The Hall–Kier alpha value is -2.86. The number of carbonyl (C=O) groups is 2. The molecule has 0 aromatic heterocycles. The normalized spacial score (nSPS) is 23.3. The highest BCUT2D eigenvalue weighted by Gasteiger charge is 2.53. The molecule has 2 aliphatic heterocycles. The lowest BCUT2D eigenvalue weighted by molar-refractivity contribution is -0.126. The molecule has 2 aromatic carbocycles. The van der Waals surface area contributed by atoms with Crippen LogP contribution in [0.5, 0.6) is 5.75 Å². The summed E-state index contributed by atoms with van der Waals surface area (Å²) in [5, 5.41) is 6.29. The van der Waals surface area contributed by atoms with Gasteiger partial charge in [-0.3, -0.25) is 14.5 Å². The third-order valence-corrected chi connectivity index (χ3v) is 6.06. The predicted octanol–water partition coefficient (Wildman–Crippen LogP) is 2.38. The van der Waals surface area contributed by atoms with Gasteiger partial charge in [0.2, 0.25) is 5.91 Å². The van der Waals surface area contributed by atoms with Crippen molar-refractivity contribution >= 4 is 11.8 Å². The van der Waals surface area contributed by atoms with Crippen LogP contribution in [-0.2, 0) is 17.8 Å². The number of methoxy groups -OCH3 is 1. The van der Waals surface area contributed by atoms with Gasteiger partial charge in [0.25, 0.3) is 5.91 Å². The fraction of sp³-hybridized carbons (Fsp3) is 0.417. The highest BCUT2D eigenvalue weighted by atomic mass is 16.5. The lowest BCUT2D eigenvalue weighted by Gasteiger charge is -2.39. The number of amides is 2. The van der Waals surface area contributed by atoms with Crippen molar-refractivity contribution in [3.05, 3.63) is 65.2 Å². The molecule has 30 heavy (non-hydrogen) atoms. The zero-order chi connectivity index (χ0) is 21.3. The van der Waals surface area contributed by atoms with Crippen LogP contribution in [-0.4, -0.2) is 48.5 Å². The molecule has 6 nitrogen and oxygen atoms in total. The van der Waals surface area contributed by atoms with Crippen LogP contribution in [0.1, 0.15) is 35.3 Å². The molecule has 2 aliphatic rings. The van der Waals surface area contributed by atoms with E-state index in [-0.39, 0.29) is 23.8 Å². The summed E-state index contributed by atoms with van der Waals surface area (Å²) in [6, 6.07) is 15.7. The molecule has 1 spiro atoms. The first kappa shape index (κ1) is 20.4. The minimum Gasteiger partial charge on any atom is -0.497 e. The van der Waals surface area contributed by atoms with Gasteiger partial charge in [-0.05, 0) is 49.6 Å². The van der Waals surface area contributed by atoms with Gasteiger partial charge in [0, 0.05) is 31.2 Å². The van der Waals surface area contributed by atoms with Gasteiger partial charge >= 0.3 is 0 Å². The molecular formula is C24H29N3O3. The van der Waals surface area contributed by atoms with Crippen molar-refractivity contribution in [3.63, 3.8) is 0 Å². The third-order valence-electron chi connectivity index (χ3n) is 6.06. The Morgan fingerprint density at radius 1 is 1.23 bits per heavy atom. The van der Waals surface area contributed by atoms with Crippen molar-refractivity contribution in [2.45, 2.75) is 38.4 Å². The molecule has 2 unspecified atom stereocenters. The number of fused-ring (bicyclic) bond motifs is 1. The highest BCUT2D eigenvalue weighted by Crippen LogP contribution is 2.36. The Morgan fingerprint density at radius 2 is 1.97 bits per heavy atom.